The van der Waals surface area contributed by atoms with Gasteiger partial charge in [0.25, 0.3) is 5.91 Å². The van der Waals surface area contributed by atoms with Crippen molar-refractivity contribution in [2.24, 2.45) is 0 Å². The van der Waals surface area contributed by atoms with E-state index in [4.69, 9.17) is 0 Å². The predicted octanol–water partition coefficient (Wildman–Crippen LogP) is 6.65. The monoisotopic (exact) mass is 438 g/mol. The zero-order valence-electron chi connectivity index (χ0n) is 19.4. The molecule has 0 fully saturated rings. The van der Waals surface area contributed by atoms with Gasteiger partial charge in [0, 0.05) is 24.3 Å². The third-order valence-electron chi connectivity index (χ3n) is 5.69. The van der Waals surface area contributed by atoms with E-state index in [1.807, 2.05) is 18.2 Å². The van der Waals surface area contributed by atoms with Crippen LogP contribution in [0.15, 0.2) is 48.5 Å². The summed E-state index contributed by atoms with van der Waals surface area (Å²) in [6, 6.07) is 14.2. The molecule has 0 saturated heterocycles. The quantitative estimate of drug-likeness (QED) is 0.256. The average molecular weight is 439 g/mol. The van der Waals surface area contributed by atoms with Crippen LogP contribution in [0.4, 0.5) is 5.69 Å². The smallest absolute Gasteiger partial charge is 0.336 e. The zero-order valence-corrected chi connectivity index (χ0v) is 19.4. The SMILES string of the molecule is CCCCCCCCCCCCNC(=O)c1ccc(NCc2ccccc2C(=O)O)cc1. The van der Waals surface area contributed by atoms with Crippen molar-refractivity contribution < 1.29 is 14.7 Å². The lowest BCUT2D eigenvalue weighted by Crippen LogP contribution is -2.24. The van der Waals surface area contributed by atoms with Gasteiger partial charge in [-0.2, -0.15) is 0 Å². The van der Waals surface area contributed by atoms with Crippen LogP contribution >= 0.6 is 0 Å². The molecule has 2 aromatic carbocycles. The minimum atomic E-state index is -0.933. The van der Waals surface area contributed by atoms with E-state index >= 15 is 0 Å². The first-order valence-corrected chi connectivity index (χ1v) is 12.0. The van der Waals surface area contributed by atoms with Crippen LogP contribution < -0.4 is 10.6 Å². The molecule has 174 valence electrons. The average Bonchev–Trinajstić information content (AvgIpc) is 2.81. The van der Waals surface area contributed by atoms with Gasteiger partial charge in [0.1, 0.15) is 0 Å². The highest BCUT2D eigenvalue weighted by atomic mass is 16.4. The molecular weight excluding hydrogens is 400 g/mol. The molecule has 0 unspecified atom stereocenters. The number of hydrogen-bond donors (Lipinski definition) is 3. The second-order valence-electron chi connectivity index (χ2n) is 8.33. The van der Waals surface area contributed by atoms with Crippen LogP contribution in [0.5, 0.6) is 0 Å². The zero-order chi connectivity index (χ0) is 23.0. The highest BCUT2D eigenvalue weighted by molar-refractivity contribution is 5.94. The molecule has 0 atom stereocenters. The highest BCUT2D eigenvalue weighted by Gasteiger charge is 2.09. The maximum absolute atomic E-state index is 12.3. The van der Waals surface area contributed by atoms with E-state index in [9.17, 15) is 14.7 Å². The number of rotatable bonds is 16. The van der Waals surface area contributed by atoms with Crippen LogP contribution in [0, 0.1) is 0 Å². The number of unbranched alkanes of at least 4 members (excludes halogenated alkanes) is 9. The van der Waals surface area contributed by atoms with E-state index in [-0.39, 0.29) is 5.91 Å². The van der Waals surface area contributed by atoms with Crippen molar-refractivity contribution in [3.63, 3.8) is 0 Å². The third kappa shape index (κ3) is 9.54. The van der Waals surface area contributed by atoms with Crippen molar-refractivity contribution in [2.75, 3.05) is 11.9 Å². The van der Waals surface area contributed by atoms with Gasteiger partial charge < -0.3 is 15.7 Å². The van der Waals surface area contributed by atoms with E-state index in [2.05, 4.69) is 17.6 Å². The summed E-state index contributed by atoms with van der Waals surface area (Å²) in [7, 11) is 0. The van der Waals surface area contributed by atoms with Crippen molar-refractivity contribution in [2.45, 2.75) is 77.7 Å². The molecule has 0 radical (unpaired) electrons. The topological polar surface area (TPSA) is 78.4 Å². The van der Waals surface area contributed by atoms with Gasteiger partial charge in [-0.3, -0.25) is 4.79 Å². The second kappa shape index (κ2) is 15.1. The Morgan fingerprint density at radius 1 is 0.781 bits per heavy atom. The number of carboxylic acid groups (broad SMARTS) is 1. The number of aromatic carboxylic acids is 1. The number of hydrogen-bond acceptors (Lipinski definition) is 3. The summed E-state index contributed by atoms with van der Waals surface area (Å²) in [4.78, 5) is 23.6. The molecule has 0 spiro atoms. The Kier molecular flexibility index (Phi) is 12.0. The molecular formula is C27H38N2O3. The van der Waals surface area contributed by atoms with Crippen molar-refractivity contribution in [1.82, 2.24) is 5.32 Å². The molecule has 1 amide bonds. The van der Waals surface area contributed by atoms with Crippen LogP contribution in [0.25, 0.3) is 0 Å². The lowest BCUT2D eigenvalue weighted by Gasteiger charge is -2.10. The number of anilines is 1. The third-order valence-corrected chi connectivity index (χ3v) is 5.69. The molecule has 0 heterocycles. The molecule has 0 bridgehead atoms. The summed E-state index contributed by atoms with van der Waals surface area (Å²) in [5.74, 6) is -0.986. The molecule has 32 heavy (non-hydrogen) atoms. The molecule has 0 aliphatic rings. The summed E-state index contributed by atoms with van der Waals surface area (Å²) in [5.41, 5.74) is 2.49. The van der Waals surface area contributed by atoms with E-state index in [0.717, 1.165) is 24.1 Å². The molecule has 0 saturated carbocycles. The Hall–Kier alpha value is -2.82. The number of amides is 1. The Bertz CT molecular complexity index is 818. The molecule has 0 aromatic heterocycles. The normalized spacial score (nSPS) is 10.7. The molecule has 2 rings (SSSR count). The number of carboxylic acids is 1. The standard InChI is InChI=1S/C27H38N2O3/c1-2-3-4-5-6-7-8-9-10-13-20-28-26(30)22-16-18-24(19-17-22)29-21-23-14-11-12-15-25(23)27(31)32/h11-12,14-19,29H,2-10,13,20-21H2,1H3,(H,28,30)(H,31,32). The van der Waals surface area contributed by atoms with Crippen LogP contribution in [0.1, 0.15) is 97.4 Å². The van der Waals surface area contributed by atoms with Gasteiger partial charge >= 0.3 is 5.97 Å². The number of carbonyl (C=O) groups excluding carboxylic acids is 1. The van der Waals surface area contributed by atoms with Gasteiger partial charge in [-0.05, 0) is 42.3 Å². The summed E-state index contributed by atoms with van der Waals surface area (Å²) < 4.78 is 0. The molecule has 5 heteroatoms. The summed E-state index contributed by atoms with van der Waals surface area (Å²) in [5, 5.41) is 15.5. The van der Waals surface area contributed by atoms with Crippen LogP contribution in [-0.4, -0.2) is 23.5 Å². The highest BCUT2D eigenvalue weighted by Crippen LogP contribution is 2.14. The van der Waals surface area contributed by atoms with Crippen molar-refractivity contribution in [3.05, 3.63) is 65.2 Å². The Morgan fingerprint density at radius 2 is 1.38 bits per heavy atom. The molecule has 5 nitrogen and oxygen atoms in total. The van der Waals surface area contributed by atoms with Crippen LogP contribution in [0.3, 0.4) is 0 Å². The molecule has 0 aliphatic carbocycles. The van der Waals surface area contributed by atoms with E-state index < -0.39 is 5.97 Å². The van der Waals surface area contributed by atoms with Crippen molar-refractivity contribution in [1.29, 1.82) is 0 Å². The Labute approximate surface area is 192 Å². The van der Waals surface area contributed by atoms with E-state index in [1.165, 1.54) is 51.4 Å². The summed E-state index contributed by atoms with van der Waals surface area (Å²) in [6.07, 6.45) is 12.8. The first-order chi connectivity index (χ1) is 15.6. The van der Waals surface area contributed by atoms with Crippen molar-refractivity contribution in [3.8, 4) is 0 Å². The maximum atomic E-state index is 12.3. The number of benzene rings is 2. The fourth-order valence-corrected chi connectivity index (χ4v) is 3.74. The maximum Gasteiger partial charge on any atom is 0.336 e. The minimum absolute atomic E-state index is 0.0521. The van der Waals surface area contributed by atoms with Gasteiger partial charge in [0.05, 0.1) is 5.56 Å². The molecule has 3 N–H and O–H groups in total. The van der Waals surface area contributed by atoms with Gasteiger partial charge in [0.2, 0.25) is 0 Å². The fourth-order valence-electron chi connectivity index (χ4n) is 3.74. The molecule has 2 aromatic rings. The number of carbonyl (C=O) groups is 2. The van der Waals surface area contributed by atoms with Gasteiger partial charge in [-0.1, -0.05) is 82.9 Å². The Morgan fingerprint density at radius 3 is 2.00 bits per heavy atom. The van der Waals surface area contributed by atoms with Crippen LogP contribution in [0.2, 0.25) is 0 Å². The predicted molar refractivity (Wildman–Crippen MR) is 131 cm³/mol. The second-order valence-corrected chi connectivity index (χ2v) is 8.33. The lowest BCUT2D eigenvalue weighted by molar-refractivity contribution is 0.0695. The lowest BCUT2D eigenvalue weighted by atomic mass is 10.1. The molecule has 0 aliphatic heterocycles. The fraction of sp³-hybridized carbons (Fsp3) is 0.481. The number of nitrogens with one attached hydrogen (secondary N) is 2. The Balaban J connectivity index is 1.61. The van der Waals surface area contributed by atoms with Crippen LogP contribution in [-0.2, 0) is 6.54 Å². The first-order valence-electron chi connectivity index (χ1n) is 12.0. The largest absolute Gasteiger partial charge is 0.478 e. The summed E-state index contributed by atoms with van der Waals surface area (Å²) in [6.45, 7) is 3.37. The minimum Gasteiger partial charge on any atom is -0.478 e. The summed E-state index contributed by atoms with van der Waals surface area (Å²) >= 11 is 0. The van der Waals surface area contributed by atoms with E-state index in [0.29, 0.717) is 24.2 Å². The van der Waals surface area contributed by atoms with E-state index in [1.54, 1.807) is 30.3 Å². The first kappa shape index (κ1) is 25.4. The van der Waals surface area contributed by atoms with Gasteiger partial charge in [-0.15, -0.1) is 0 Å². The van der Waals surface area contributed by atoms with Gasteiger partial charge in [0.15, 0.2) is 0 Å². The van der Waals surface area contributed by atoms with Crippen molar-refractivity contribution >= 4 is 17.6 Å². The van der Waals surface area contributed by atoms with Gasteiger partial charge in [-0.25, -0.2) is 4.79 Å².